The summed E-state index contributed by atoms with van der Waals surface area (Å²) in [5.74, 6) is -0.326. The van der Waals surface area contributed by atoms with Gasteiger partial charge < -0.3 is 4.42 Å². The largest absolute Gasteiger partial charge is 0.420 e. The summed E-state index contributed by atoms with van der Waals surface area (Å²) in [4.78, 5) is 11.1. The van der Waals surface area contributed by atoms with Crippen LogP contribution in [0.3, 0.4) is 0 Å². The summed E-state index contributed by atoms with van der Waals surface area (Å²) >= 11 is 3.21. The zero-order chi connectivity index (χ0) is 8.55. The highest BCUT2D eigenvalue weighted by Crippen LogP contribution is 2.11. The zero-order valence-corrected chi connectivity index (χ0v) is 7.74. The second-order valence-electron chi connectivity index (χ2n) is 2.38. The molecule has 0 aliphatic heterocycles. The highest BCUT2D eigenvalue weighted by molar-refractivity contribution is 9.08. The summed E-state index contributed by atoms with van der Waals surface area (Å²) in [7, 11) is 0. The van der Waals surface area contributed by atoms with Crippen LogP contribution in [0.25, 0.3) is 11.1 Å². The normalized spacial score (nSPS) is 10.8. The minimum atomic E-state index is -0.326. The molecule has 1 aromatic carbocycles. The van der Waals surface area contributed by atoms with E-state index in [1.54, 1.807) is 6.07 Å². The fourth-order valence-corrected chi connectivity index (χ4v) is 1.60. The van der Waals surface area contributed by atoms with Crippen molar-refractivity contribution in [3.63, 3.8) is 0 Å². The Balaban J connectivity index is 2.91. The second kappa shape index (κ2) is 2.79. The zero-order valence-electron chi connectivity index (χ0n) is 6.16. The van der Waals surface area contributed by atoms with E-state index in [9.17, 15) is 4.79 Å². The second-order valence-corrected chi connectivity index (χ2v) is 2.88. The Morgan fingerprint density at radius 2 is 2.17 bits per heavy atom. The van der Waals surface area contributed by atoms with Crippen LogP contribution in [0.2, 0.25) is 0 Å². The number of hydrogen-bond acceptors (Lipinski definition) is 2. The Morgan fingerprint density at radius 3 is 2.92 bits per heavy atom. The number of alkyl halides is 1. The van der Waals surface area contributed by atoms with E-state index >= 15 is 0 Å². The summed E-state index contributed by atoms with van der Waals surface area (Å²) in [5.41, 5.74) is 1.91. The molecular formula is C8H6BrNO2. The third-order valence-electron chi connectivity index (χ3n) is 1.69. The van der Waals surface area contributed by atoms with Crippen molar-refractivity contribution in [3.05, 3.63) is 34.8 Å². The molecule has 0 aliphatic carbocycles. The molecule has 4 heteroatoms. The van der Waals surface area contributed by atoms with E-state index in [-0.39, 0.29) is 5.76 Å². The van der Waals surface area contributed by atoms with Crippen molar-refractivity contribution in [2.45, 2.75) is 5.45 Å². The van der Waals surface area contributed by atoms with E-state index in [4.69, 9.17) is 4.42 Å². The van der Waals surface area contributed by atoms with Crippen LogP contribution in [0.15, 0.2) is 33.5 Å². The summed E-state index contributed by atoms with van der Waals surface area (Å²) in [6.07, 6.45) is 0. The Morgan fingerprint density at radius 1 is 1.42 bits per heavy atom. The molecule has 3 nitrogen and oxygen atoms in total. The third-order valence-corrected chi connectivity index (χ3v) is 2.19. The van der Waals surface area contributed by atoms with E-state index in [1.165, 1.54) is 4.57 Å². The molecule has 0 spiro atoms. The van der Waals surface area contributed by atoms with Crippen LogP contribution < -0.4 is 5.76 Å². The van der Waals surface area contributed by atoms with Crippen LogP contribution >= 0.6 is 15.9 Å². The van der Waals surface area contributed by atoms with Gasteiger partial charge in [0, 0.05) is 0 Å². The SMILES string of the molecule is O=c1oc2ccccc2n1CBr. The molecule has 0 amide bonds. The van der Waals surface area contributed by atoms with Gasteiger partial charge in [-0.1, -0.05) is 28.1 Å². The molecule has 0 bridgehead atoms. The van der Waals surface area contributed by atoms with Crippen molar-refractivity contribution in [2.75, 3.05) is 0 Å². The number of oxazole rings is 1. The molecule has 0 atom stereocenters. The molecule has 2 aromatic rings. The maximum absolute atomic E-state index is 11.1. The molecule has 1 heterocycles. The lowest BCUT2D eigenvalue weighted by molar-refractivity contribution is 0.527. The number of halogens is 1. The topological polar surface area (TPSA) is 35.1 Å². The van der Waals surface area contributed by atoms with E-state index in [0.717, 1.165) is 5.52 Å². The number of nitrogens with zero attached hydrogens (tertiary/aromatic N) is 1. The van der Waals surface area contributed by atoms with Gasteiger partial charge in [-0.05, 0) is 12.1 Å². The molecule has 0 radical (unpaired) electrons. The Bertz CT molecular complexity index is 457. The first-order chi connectivity index (χ1) is 5.83. The highest BCUT2D eigenvalue weighted by Gasteiger charge is 2.05. The molecule has 0 unspecified atom stereocenters. The number of benzene rings is 1. The van der Waals surface area contributed by atoms with Gasteiger partial charge in [0.15, 0.2) is 5.58 Å². The van der Waals surface area contributed by atoms with Crippen molar-refractivity contribution in [3.8, 4) is 0 Å². The van der Waals surface area contributed by atoms with E-state index in [2.05, 4.69) is 15.9 Å². The quantitative estimate of drug-likeness (QED) is 0.699. The molecular weight excluding hydrogens is 222 g/mol. The Hall–Kier alpha value is -1.03. The first-order valence-corrected chi connectivity index (χ1v) is 4.59. The third kappa shape index (κ3) is 0.992. The molecule has 0 fully saturated rings. The van der Waals surface area contributed by atoms with Gasteiger partial charge in [-0.2, -0.15) is 0 Å². The molecule has 62 valence electrons. The predicted octanol–water partition coefficient (Wildman–Crippen LogP) is 1.95. The van der Waals surface area contributed by atoms with Crippen LogP contribution in [0.1, 0.15) is 0 Å². The van der Waals surface area contributed by atoms with Gasteiger partial charge in [0.05, 0.1) is 11.0 Å². The van der Waals surface area contributed by atoms with Gasteiger partial charge in [-0.3, -0.25) is 4.57 Å². The van der Waals surface area contributed by atoms with Crippen LogP contribution in [-0.4, -0.2) is 4.57 Å². The van der Waals surface area contributed by atoms with E-state index in [0.29, 0.717) is 11.0 Å². The average Bonchev–Trinajstić information content (AvgIpc) is 2.40. The Labute approximate surface area is 76.7 Å². The van der Waals surface area contributed by atoms with Gasteiger partial charge in [-0.15, -0.1) is 0 Å². The lowest BCUT2D eigenvalue weighted by atomic mass is 10.3. The fraction of sp³-hybridized carbons (Fsp3) is 0.125. The molecule has 12 heavy (non-hydrogen) atoms. The Kier molecular flexibility index (Phi) is 1.77. The van der Waals surface area contributed by atoms with Crippen molar-refractivity contribution < 1.29 is 4.42 Å². The molecule has 1 aromatic heterocycles. The number of rotatable bonds is 1. The summed E-state index contributed by atoms with van der Waals surface area (Å²) < 4.78 is 6.49. The van der Waals surface area contributed by atoms with Crippen molar-refractivity contribution >= 4 is 27.0 Å². The summed E-state index contributed by atoms with van der Waals surface area (Å²) in [6.45, 7) is 0. The van der Waals surface area contributed by atoms with Gasteiger partial charge in [0.25, 0.3) is 0 Å². The lowest BCUT2D eigenvalue weighted by Gasteiger charge is -1.91. The maximum atomic E-state index is 11.1. The van der Waals surface area contributed by atoms with Crippen molar-refractivity contribution in [1.82, 2.24) is 4.57 Å². The number of hydrogen-bond donors (Lipinski definition) is 0. The van der Waals surface area contributed by atoms with Crippen LogP contribution in [0.4, 0.5) is 0 Å². The monoisotopic (exact) mass is 227 g/mol. The standard InChI is InChI=1S/C8H6BrNO2/c9-5-10-6-3-1-2-4-7(6)12-8(10)11/h1-4H,5H2. The molecule has 2 rings (SSSR count). The van der Waals surface area contributed by atoms with Crippen molar-refractivity contribution in [1.29, 1.82) is 0 Å². The van der Waals surface area contributed by atoms with Gasteiger partial charge in [-0.25, -0.2) is 4.79 Å². The van der Waals surface area contributed by atoms with E-state index in [1.807, 2.05) is 18.2 Å². The molecule has 0 N–H and O–H groups in total. The number of fused-ring (bicyclic) bond motifs is 1. The molecule has 0 aliphatic rings. The summed E-state index contributed by atoms with van der Waals surface area (Å²) in [6, 6.07) is 7.33. The summed E-state index contributed by atoms with van der Waals surface area (Å²) in [5, 5.41) is 0. The number of aromatic nitrogens is 1. The lowest BCUT2D eigenvalue weighted by Crippen LogP contribution is -2.10. The van der Waals surface area contributed by atoms with Gasteiger partial charge in [0.1, 0.15) is 0 Å². The molecule has 0 saturated heterocycles. The molecule has 0 saturated carbocycles. The fourth-order valence-electron chi connectivity index (χ4n) is 1.13. The van der Waals surface area contributed by atoms with Crippen LogP contribution in [0.5, 0.6) is 0 Å². The smallest absolute Gasteiger partial charge is 0.408 e. The minimum absolute atomic E-state index is 0.326. The van der Waals surface area contributed by atoms with Crippen LogP contribution in [0, 0.1) is 0 Å². The minimum Gasteiger partial charge on any atom is -0.408 e. The van der Waals surface area contributed by atoms with Crippen LogP contribution in [-0.2, 0) is 5.45 Å². The van der Waals surface area contributed by atoms with Gasteiger partial charge in [0.2, 0.25) is 0 Å². The average molecular weight is 228 g/mol. The predicted molar refractivity (Wildman–Crippen MR) is 49.4 cm³/mol. The maximum Gasteiger partial charge on any atom is 0.420 e. The first-order valence-electron chi connectivity index (χ1n) is 3.47. The van der Waals surface area contributed by atoms with E-state index < -0.39 is 0 Å². The van der Waals surface area contributed by atoms with Crippen molar-refractivity contribution in [2.24, 2.45) is 0 Å². The first kappa shape index (κ1) is 7.61. The number of para-hydroxylation sites is 2. The van der Waals surface area contributed by atoms with Gasteiger partial charge >= 0.3 is 5.76 Å². The highest BCUT2D eigenvalue weighted by atomic mass is 79.9.